The van der Waals surface area contributed by atoms with Crippen molar-refractivity contribution in [2.75, 3.05) is 7.11 Å². The first-order valence-electron chi connectivity index (χ1n) is 5.68. The zero-order chi connectivity index (χ0) is 10.6. The molecule has 0 aromatic heterocycles. The minimum Gasteiger partial charge on any atom is -0.380 e. The van der Waals surface area contributed by atoms with Crippen LogP contribution in [0, 0.1) is 11.8 Å². The molecule has 4 unspecified atom stereocenters. The van der Waals surface area contributed by atoms with Crippen LogP contribution in [0.3, 0.4) is 0 Å². The van der Waals surface area contributed by atoms with Crippen LogP contribution in [0.2, 0.25) is 0 Å². The Bertz CT molecular complexity index is 163. The molecule has 0 spiro atoms. The van der Waals surface area contributed by atoms with Gasteiger partial charge in [-0.2, -0.15) is 0 Å². The normalized spacial score (nSPS) is 32.6. The average molecular weight is 200 g/mol. The largest absolute Gasteiger partial charge is 0.380 e. The first-order valence-corrected chi connectivity index (χ1v) is 5.68. The second kappa shape index (κ2) is 5.69. The second-order valence-electron chi connectivity index (χ2n) is 4.67. The fourth-order valence-electron chi connectivity index (χ4n) is 2.61. The molecular formula is C11H24N2O. The van der Waals surface area contributed by atoms with Crippen molar-refractivity contribution < 1.29 is 4.74 Å². The fourth-order valence-corrected chi connectivity index (χ4v) is 2.61. The van der Waals surface area contributed by atoms with Gasteiger partial charge in [0, 0.05) is 13.2 Å². The lowest BCUT2D eigenvalue weighted by Gasteiger charge is -2.35. The molecule has 1 aliphatic carbocycles. The van der Waals surface area contributed by atoms with Crippen LogP contribution in [0.1, 0.15) is 39.5 Å². The standard InChI is InChI=1S/C11H24N2O/c1-8-5-4-6-10(7-8)11(13-12)9(2)14-3/h8-11,13H,4-7,12H2,1-3H3. The smallest absolute Gasteiger partial charge is 0.0712 e. The summed E-state index contributed by atoms with van der Waals surface area (Å²) < 4.78 is 5.35. The van der Waals surface area contributed by atoms with Crippen molar-refractivity contribution in [3.8, 4) is 0 Å². The van der Waals surface area contributed by atoms with E-state index in [0.717, 1.165) is 5.92 Å². The number of hydrogen-bond acceptors (Lipinski definition) is 3. The minimum absolute atomic E-state index is 0.204. The Labute approximate surface area is 87.4 Å². The number of hydrazine groups is 1. The molecule has 3 N–H and O–H groups in total. The van der Waals surface area contributed by atoms with E-state index < -0.39 is 0 Å². The summed E-state index contributed by atoms with van der Waals surface area (Å²) in [5.41, 5.74) is 2.92. The van der Waals surface area contributed by atoms with Crippen LogP contribution in [0.4, 0.5) is 0 Å². The zero-order valence-electron chi connectivity index (χ0n) is 9.62. The van der Waals surface area contributed by atoms with Crippen LogP contribution in [0.15, 0.2) is 0 Å². The Hall–Kier alpha value is -0.120. The zero-order valence-corrected chi connectivity index (χ0v) is 9.62. The van der Waals surface area contributed by atoms with E-state index in [1.165, 1.54) is 25.7 Å². The van der Waals surface area contributed by atoms with Gasteiger partial charge in [-0.25, -0.2) is 0 Å². The van der Waals surface area contributed by atoms with Gasteiger partial charge in [0.1, 0.15) is 0 Å². The van der Waals surface area contributed by atoms with Crippen LogP contribution in [-0.4, -0.2) is 19.3 Å². The number of hydrogen-bond donors (Lipinski definition) is 2. The van der Waals surface area contributed by atoms with Crippen molar-refractivity contribution in [1.29, 1.82) is 0 Å². The lowest BCUT2D eigenvalue weighted by atomic mass is 9.77. The topological polar surface area (TPSA) is 47.3 Å². The van der Waals surface area contributed by atoms with E-state index >= 15 is 0 Å². The average Bonchev–Trinajstić information content (AvgIpc) is 2.19. The van der Waals surface area contributed by atoms with E-state index in [-0.39, 0.29) is 6.10 Å². The molecule has 0 aromatic carbocycles. The van der Waals surface area contributed by atoms with E-state index in [4.69, 9.17) is 10.6 Å². The third-order valence-electron chi connectivity index (χ3n) is 3.55. The Morgan fingerprint density at radius 1 is 1.43 bits per heavy atom. The number of nitrogens with two attached hydrogens (primary N) is 1. The SMILES string of the molecule is COC(C)C(NN)C1CCCC(C)C1. The molecule has 1 aliphatic rings. The van der Waals surface area contributed by atoms with Gasteiger partial charge in [0.05, 0.1) is 6.10 Å². The predicted octanol–water partition coefficient (Wildman–Crippen LogP) is 1.68. The Balaban J connectivity index is 2.50. The van der Waals surface area contributed by atoms with Gasteiger partial charge in [0.25, 0.3) is 0 Å². The summed E-state index contributed by atoms with van der Waals surface area (Å²) in [4.78, 5) is 0. The van der Waals surface area contributed by atoms with Gasteiger partial charge in [-0.05, 0) is 31.6 Å². The Morgan fingerprint density at radius 2 is 2.14 bits per heavy atom. The molecule has 1 saturated carbocycles. The van der Waals surface area contributed by atoms with Gasteiger partial charge in [-0.3, -0.25) is 11.3 Å². The molecule has 3 nitrogen and oxygen atoms in total. The molecule has 1 fully saturated rings. The van der Waals surface area contributed by atoms with Crippen molar-refractivity contribution in [2.45, 2.75) is 51.7 Å². The summed E-state index contributed by atoms with van der Waals surface area (Å²) in [5, 5.41) is 0. The van der Waals surface area contributed by atoms with E-state index in [1.54, 1.807) is 7.11 Å². The summed E-state index contributed by atoms with van der Waals surface area (Å²) in [5.74, 6) is 7.12. The lowest BCUT2D eigenvalue weighted by molar-refractivity contribution is 0.0471. The molecular weight excluding hydrogens is 176 g/mol. The summed E-state index contributed by atoms with van der Waals surface area (Å²) in [7, 11) is 1.75. The van der Waals surface area contributed by atoms with Crippen molar-refractivity contribution in [2.24, 2.45) is 17.7 Å². The molecule has 0 bridgehead atoms. The maximum atomic E-state index is 5.60. The summed E-state index contributed by atoms with van der Waals surface area (Å²) in [6.07, 6.45) is 5.47. The monoisotopic (exact) mass is 200 g/mol. The third kappa shape index (κ3) is 2.94. The highest BCUT2D eigenvalue weighted by molar-refractivity contribution is 4.83. The molecule has 0 saturated heterocycles. The van der Waals surface area contributed by atoms with Crippen LogP contribution in [0.5, 0.6) is 0 Å². The molecule has 1 rings (SSSR count). The summed E-state index contributed by atoms with van der Waals surface area (Å²) in [6.45, 7) is 4.42. The quantitative estimate of drug-likeness (QED) is 0.536. The molecule has 3 heteroatoms. The van der Waals surface area contributed by atoms with Gasteiger partial charge in [-0.1, -0.05) is 19.8 Å². The highest BCUT2D eigenvalue weighted by atomic mass is 16.5. The molecule has 84 valence electrons. The molecule has 0 aromatic rings. The molecule has 0 heterocycles. The number of ether oxygens (including phenoxy) is 1. The maximum absolute atomic E-state index is 5.60. The summed E-state index contributed by atoms with van der Waals surface area (Å²) in [6, 6.07) is 0.308. The highest BCUT2D eigenvalue weighted by Gasteiger charge is 2.29. The van der Waals surface area contributed by atoms with Crippen LogP contribution in [0.25, 0.3) is 0 Å². The van der Waals surface area contributed by atoms with Gasteiger partial charge < -0.3 is 4.74 Å². The second-order valence-corrected chi connectivity index (χ2v) is 4.67. The Morgan fingerprint density at radius 3 is 2.64 bits per heavy atom. The minimum atomic E-state index is 0.204. The first-order chi connectivity index (χ1) is 6.69. The van der Waals surface area contributed by atoms with Crippen LogP contribution in [-0.2, 0) is 4.74 Å². The van der Waals surface area contributed by atoms with E-state index in [0.29, 0.717) is 12.0 Å². The van der Waals surface area contributed by atoms with E-state index in [9.17, 15) is 0 Å². The molecule has 0 amide bonds. The molecule has 0 aliphatic heterocycles. The van der Waals surface area contributed by atoms with Crippen molar-refractivity contribution >= 4 is 0 Å². The number of rotatable bonds is 4. The maximum Gasteiger partial charge on any atom is 0.0712 e. The Kier molecular flexibility index (Phi) is 4.85. The van der Waals surface area contributed by atoms with Crippen molar-refractivity contribution in [1.82, 2.24) is 5.43 Å². The lowest BCUT2D eigenvalue weighted by Crippen LogP contribution is -2.49. The summed E-state index contributed by atoms with van der Waals surface area (Å²) >= 11 is 0. The van der Waals surface area contributed by atoms with Crippen molar-refractivity contribution in [3.05, 3.63) is 0 Å². The van der Waals surface area contributed by atoms with Gasteiger partial charge in [0.15, 0.2) is 0 Å². The number of nitrogens with one attached hydrogen (secondary N) is 1. The first kappa shape index (κ1) is 12.0. The van der Waals surface area contributed by atoms with Crippen molar-refractivity contribution in [3.63, 3.8) is 0 Å². The van der Waals surface area contributed by atoms with E-state index in [2.05, 4.69) is 19.3 Å². The van der Waals surface area contributed by atoms with Gasteiger partial charge in [0.2, 0.25) is 0 Å². The van der Waals surface area contributed by atoms with E-state index in [1.807, 2.05) is 0 Å². The fraction of sp³-hybridized carbons (Fsp3) is 1.00. The molecule has 14 heavy (non-hydrogen) atoms. The predicted molar refractivity (Wildman–Crippen MR) is 58.7 cm³/mol. The van der Waals surface area contributed by atoms with Crippen LogP contribution < -0.4 is 11.3 Å². The van der Waals surface area contributed by atoms with Crippen LogP contribution >= 0.6 is 0 Å². The third-order valence-corrected chi connectivity index (χ3v) is 3.55. The highest BCUT2D eigenvalue weighted by Crippen LogP contribution is 2.31. The molecule has 4 atom stereocenters. The molecule has 0 radical (unpaired) electrons. The van der Waals surface area contributed by atoms with Gasteiger partial charge in [-0.15, -0.1) is 0 Å². The van der Waals surface area contributed by atoms with Gasteiger partial charge >= 0.3 is 0 Å². The number of methoxy groups -OCH3 is 1.